The Labute approximate surface area is 93.4 Å². The number of carbonyl (C=O) groups excluding carboxylic acids is 1. The lowest BCUT2D eigenvalue weighted by Crippen LogP contribution is -2.49. The molecular weight excluding hydrogens is 220 g/mol. The van der Waals surface area contributed by atoms with Crippen LogP contribution in [0.25, 0.3) is 0 Å². The predicted molar refractivity (Wildman–Crippen MR) is 56.1 cm³/mol. The second-order valence-corrected chi connectivity index (χ2v) is 3.82. The predicted octanol–water partition coefficient (Wildman–Crippen LogP) is 0.874. The molecule has 0 bridgehead atoms. The van der Waals surface area contributed by atoms with Gasteiger partial charge < -0.3 is 15.3 Å². The van der Waals surface area contributed by atoms with Gasteiger partial charge in [-0.05, 0) is 19.3 Å². The third-order valence-corrected chi connectivity index (χ3v) is 2.78. The Balaban J connectivity index is 2.49. The number of alkyl halides is 1. The number of likely N-dealkylation sites (tertiary alicyclic amines) is 1. The van der Waals surface area contributed by atoms with E-state index in [1.54, 1.807) is 4.90 Å². The van der Waals surface area contributed by atoms with Crippen molar-refractivity contribution in [3.05, 3.63) is 0 Å². The molecule has 86 valence electrons. The summed E-state index contributed by atoms with van der Waals surface area (Å²) in [6.45, 7) is 0.968. The zero-order valence-electron chi connectivity index (χ0n) is 8.41. The SMILES string of the molecule is O=C(O)NCC1CCCCN1C(=O)CCl. The van der Waals surface area contributed by atoms with Gasteiger partial charge in [-0.25, -0.2) is 4.79 Å². The van der Waals surface area contributed by atoms with Crippen molar-refractivity contribution in [3.8, 4) is 0 Å². The number of hydrogen-bond acceptors (Lipinski definition) is 2. The van der Waals surface area contributed by atoms with E-state index in [1.807, 2.05) is 0 Å². The van der Waals surface area contributed by atoms with Gasteiger partial charge in [-0.2, -0.15) is 0 Å². The van der Waals surface area contributed by atoms with E-state index < -0.39 is 6.09 Å². The fraction of sp³-hybridized carbons (Fsp3) is 0.778. The van der Waals surface area contributed by atoms with Gasteiger partial charge in [0.2, 0.25) is 5.91 Å². The van der Waals surface area contributed by atoms with Gasteiger partial charge in [-0.3, -0.25) is 4.79 Å². The second kappa shape index (κ2) is 5.80. The zero-order valence-corrected chi connectivity index (χ0v) is 9.16. The van der Waals surface area contributed by atoms with E-state index in [-0.39, 0.29) is 24.4 Å². The molecule has 0 aliphatic carbocycles. The summed E-state index contributed by atoms with van der Waals surface area (Å²) in [6, 6.07) is -0.0406. The summed E-state index contributed by atoms with van der Waals surface area (Å²) in [7, 11) is 0. The van der Waals surface area contributed by atoms with Crippen molar-refractivity contribution in [2.24, 2.45) is 0 Å². The van der Waals surface area contributed by atoms with Crippen LogP contribution in [0.2, 0.25) is 0 Å². The molecule has 2 amide bonds. The molecule has 1 saturated heterocycles. The van der Waals surface area contributed by atoms with E-state index in [1.165, 1.54) is 0 Å². The maximum absolute atomic E-state index is 11.4. The summed E-state index contributed by atoms with van der Waals surface area (Å²) in [5, 5.41) is 10.8. The van der Waals surface area contributed by atoms with Gasteiger partial charge in [0, 0.05) is 19.1 Å². The van der Waals surface area contributed by atoms with Crippen LogP contribution in [0.4, 0.5) is 4.79 Å². The van der Waals surface area contributed by atoms with Gasteiger partial charge in [0.05, 0.1) is 0 Å². The van der Waals surface area contributed by atoms with Crippen molar-refractivity contribution in [2.45, 2.75) is 25.3 Å². The van der Waals surface area contributed by atoms with Crippen molar-refractivity contribution in [1.82, 2.24) is 10.2 Å². The lowest BCUT2D eigenvalue weighted by atomic mass is 10.0. The lowest BCUT2D eigenvalue weighted by Gasteiger charge is -2.35. The summed E-state index contributed by atoms with van der Waals surface area (Å²) in [6.07, 6.45) is 1.77. The number of hydrogen-bond donors (Lipinski definition) is 2. The minimum absolute atomic E-state index is 0.0381. The Morgan fingerprint density at radius 2 is 2.20 bits per heavy atom. The van der Waals surface area contributed by atoms with Crippen LogP contribution in [0.3, 0.4) is 0 Å². The highest BCUT2D eigenvalue weighted by Gasteiger charge is 2.26. The Morgan fingerprint density at radius 3 is 2.80 bits per heavy atom. The number of halogens is 1. The average Bonchev–Trinajstić information content (AvgIpc) is 2.25. The van der Waals surface area contributed by atoms with Crippen molar-refractivity contribution in [3.63, 3.8) is 0 Å². The number of nitrogens with zero attached hydrogens (tertiary/aromatic N) is 1. The molecule has 1 aliphatic rings. The summed E-state index contributed by atoms with van der Waals surface area (Å²) in [5.74, 6) is -0.155. The molecule has 1 unspecified atom stereocenters. The molecule has 0 aromatic heterocycles. The van der Waals surface area contributed by atoms with Crippen LogP contribution in [-0.4, -0.2) is 47.0 Å². The van der Waals surface area contributed by atoms with Crippen LogP contribution in [0.1, 0.15) is 19.3 Å². The molecular formula is C9H15ClN2O3. The van der Waals surface area contributed by atoms with Crippen LogP contribution >= 0.6 is 11.6 Å². The number of piperidine rings is 1. The number of nitrogens with one attached hydrogen (secondary N) is 1. The fourth-order valence-corrected chi connectivity index (χ4v) is 1.98. The molecule has 6 heteroatoms. The van der Waals surface area contributed by atoms with Crippen LogP contribution < -0.4 is 5.32 Å². The van der Waals surface area contributed by atoms with Gasteiger partial charge in [0.25, 0.3) is 0 Å². The Kier molecular flexibility index (Phi) is 4.68. The molecule has 5 nitrogen and oxygen atoms in total. The molecule has 0 radical (unpaired) electrons. The molecule has 0 saturated carbocycles. The number of carbonyl (C=O) groups is 2. The van der Waals surface area contributed by atoms with E-state index in [9.17, 15) is 9.59 Å². The van der Waals surface area contributed by atoms with E-state index in [4.69, 9.17) is 16.7 Å². The topological polar surface area (TPSA) is 69.6 Å². The zero-order chi connectivity index (χ0) is 11.3. The lowest BCUT2D eigenvalue weighted by molar-refractivity contribution is -0.131. The van der Waals surface area contributed by atoms with Gasteiger partial charge in [0.15, 0.2) is 0 Å². The minimum atomic E-state index is -1.06. The third kappa shape index (κ3) is 3.58. The largest absolute Gasteiger partial charge is 0.465 e. The summed E-state index contributed by atoms with van der Waals surface area (Å²) in [5.41, 5.74) is 0. The monoisotopic (exact) mass is 234 g/mol. The average molecular weight is 235 g/mol. The van der Waals surface area contributed by atoms with Gasteiger partial charge in [0.1, 0.15) is 5.88 Å². The number of carboxylic acid groups (broad SMARTS) is 1. The first kappa shape index (κ1) is 12.1. The standard InChI is InChI=1S/C9H15ClN2O3/c10-5-8(13)12-4-2-1-3-7(12)6-11-9(14)15/h7,11H,1-6H2,(H,14,15). The Hall–Kier alpha value is -0.970. The van der Waals surface area contributed by atoms with E-state index in [0.29, 0.717) is 6.54 Å². The smallest absolute Gasteiger partial charge is 0.404 e. The maximum Gasteiger partial charge on any atom is 0.404 e. The fourth-order valence-electron chi connectivity index (χ4n) is 1.82. The molecule has 0 spiro atoms. The summed E-state index contributed by atoms with van der Waals surface area (Å²) in [4.78, 5) is 23.5. The Bertz CT molecular complexity index is 248. The molecule has 0 aromatic rings. The van der Waals surface area contributed by atoms with E-state index in [2.05, 4.69) is 5.32 Å². The number of rotatable bonds is 3. The van der Waals surface area contributed by atoms with Crippen LogP contribution in [0.5, 0.6) is 0 Å². The molecule has 1 fully saturated rings. The molecule has 1 heterocycles. The van der Waals surface area contributed by atoms with E-state index >= 15 is 0 Å². The molecule has 1 atom stereocenters. The Morgan fingerprint density at radius 1 is 1.47 bits per heavy atom. The van der Waals surface area contributed by atoms with Crippen LogP contribution in [0, 0.1) is 0 Å². The highest BCUT2D eigenvalue weighted by Crippen LogP contribution is 2.16. The highest BCUT2D eigenvalue weighted by molar-refractivity contribution is 6.27. The van der Waals surface area contributed by atoms with Gasteiger partial charge in [-0.1, -0.05) is 0 Å². The van der Waals surface area contributed by atoms with Crippen molar-refractivity contribution in [2.75, 3.05) is 19.0 Å². The first-order valence-corrected chi connectivity index (χ1v) is 5.51. The van der Waals surface area contributed by atoms with Crippen molar-refractivity contribution >= 4 is 23.6 Å². The molecule has 1 aliphatic heterocycles. The second-order valence-electron chi connectivity index (χ2n) is 3.56. The van der Waals surface area contributed by atoms with Gasteiger partial charge >= 0.3 is 6.09 Å². The van der Waals surface area contributed by atoms with Crippen LogP contribution in [-0.2, 0) is 4.79 Å². The summed E-state index contributed by atoms with van der Waals surface area (Å²) < 4.78 is 0. The van der Waals surface area contributed by atoms with Crippen molar-refractivity contribution < 1.29 is 14.7 Å². The molecule has 0 aromatic carbocycles. The third-order valence-electron chi connectivity index (χ3n) is 2.55. The van der Waals surface area contributed by atoms with Gasteiger partial charge in [-0.15, -0.1) is 11.6 Å². The quantitative estimate of drug-likeness (QED) is 0.712. The minimum Gasteiger partial charge on any atom is -0.465 e. The van der Waals surface area contributed by atoms with E-state index in [0.717, 1.165) is 19.3 Å². The summed E-state index contributed by atoms with van der Waals surface area (Å²) >= 11 is 5.49. The van der Waals surface area contributed by atoms with Crippen molar-refractivity contribution in [1.29, 1.82) is 0 Å². The molecule has 15 heavy (non-hydrogen) atoms. The molecule has 2 N–H and O–H groups in total. The molecule has 1 rings (SSSR count). The normalized spacial score (nSPS) is 21.1. The maximum atomic E-state index is 11.4. The first-order valence-electron chi connectivity index (χ1n) is 4.97. The number of amides is 2. The first-order chi connectivity index (χ1) is 7.15. The highest BCUT2D eigenvalue weighted by atomic mass is 35.5. The van der Waals surface area contributed by atoms with Crippen LogP contribution in [0.15, 0.2) is 0 Å².